The lowest BCUT2D eigenvalue weighted by Crippen LogP contribution is -2.01. The van der Waals surface area contributed by atoms with E-state index in [2.05, 4.69) is 15.9 Å². The number of ketones is 1. The van der Waals surface area contributed by atoms with Crippen LogP contribution in [-0.2, 0) is 6.42 Å². The van der Waals surface area contributed by atoms with Crippen molar-refractivity contribution in [1.82, 2.24) is 0 Å². The molecule has 0 N–H and O–H groups in total. The number of hydrogen-bond donors (Lipinski definition) is 0. The van der Waals surface area contributed by atoms with Gasteiger partial charge in [0.2, 0.25) is 0 Å². The van der Waals surface area contributed by atoms with E-state index in [1.807, 2.05) is 22.9 Å². The summed E-state index contributed by atoms with van der Waals surface area (Å²) in [5, 5.41) is 3.84. The Kier molecular flexibility index (Phi) is 3.78. The molecule has 0 aliphatic carbocycles. The lowest BCUT2D eigenvalue weighted by Gasteiger charge is -2.01. The lowest BCUT2D eigenvalue weighted by atomic mass is 10.2. The SMILES string of the molecule is COc1ccsc1C(=O)Cc1sccc1Br. The monoisotopic (exact) mass is 316 g/mol. The van der Waals surface area contributed by atoms with Gasteiger partial charge in [-0.1, -0.05) is 0 Å². The van der Waals surface area contributed by atoms with E-state index in [0.29, 0.717) is 17.0 Å². The minimum Gasteiger partial charge on any atom is -0.495 e. The topological polar surface area (TPSA) is 26.3 Å². The van der Waals surface area contributed by atoms with Crippen molar-refractivity contribution < 1.29 is 9.53 Å². The fourth-order valence-electron chi connectivity index (χ4n) is 1.34. The summed E-state index contributed by atoms with van der Waals surface area (Å²) in [5.74, 6) is 0.776. The van der Waals surface area contributed by atoms with E-state index in [1.54, 1.807) is 18.4 Å². The van der Waals surface area contributed by atoms with Gasteiger partial charge in [0.25, 0.3) is 0 Å². The molecule has 0 aliphatic rings. The average Bonchev–Trinajstić information content (AvgIpc) is 2.87. The zero-order valence-corrected chi connectivity index (χ0v) is 11.7. The molecule has 0 unspecified atom stereocenters. The van der Waals surface area contributed by atoms with Crippen LogP contribution in [0.4, 0.5) is 0 Å². The van der Waals surface area contributed by atoms with Crippen molar-refractivity contribution >= 4 is 44.4 Å². The second kappa shape index (κ2) is 5.12. The van der Waals surface area contributed by atoms with Gasteiger partial charge < -0.3 is 4.74 Å². The molecule has 2 nitrogen and oxygen atoms in total. The first-order valence-electron chi connectivity index (χ1n) is 4.59. The number of ether oxygens (including phenoxy) is 1. The van der Waals surface area contributed by atoms with Crippen LogP contribution in [0.25, 0.3) is 0 Å². The van der Waals surface area contributed by atoms with E-state index < -0.39 is 0 Å². The predicted octanol–water partition coefficient (Wildman–Crippen LogP) is 4.01. The first kappa shape index (κ1) is 11.8. The molecule has 2 heterocycles. The Morgan fingerprint density at radius 3 is 2.75 bits per heavy atom. The number of thiophene rings is 2. The summed E-state index contributed by atoms with van der Waals surface area (Å²) >= 11 is 6.43. The molecule has 0 radical (unpaired) electrons. The number of Topliss-reactive ketones (excluding diaryl/α,β-unsaturated/α-hetero) is 1. The second-order valence-electron chi connectivity index (χ2n) is 3.11. The molecule has 2 aromatic heterocycles. The van der Waals surface area contributed by atoms with E-state index in [9.17, 15) is 4.79 Å². The zero-order chi connectivity index (χ0) is 11.5. The van der Waals surface area contributed by atoms with Gasteiger partial charge in [0, 0.05) is 15.8 Å². The van der Waals surface area contributed by atoms with Gasteiger partial charge >= 0.3 is 0 Å². The molecular formula is C11H9BrO2S2. The molecule has 0 saturated carbocycles. The van der Waals surface area contributed by atoms with E-state index in [4.69, 9.17) is 4.74 Å². The molecule has 0 spiro atoms. The van der Waals surface area contributed by atoms with Gasteiger partial charge in [-0.15, -0.1) is 22.7 Å². The van der Waals surface area contributed by atoms with Crippen LogP contribution in [0.15, 0.2) is 27.4 Å². The third-order valence-electron chi connectivity index (χ3n) is 2.11. The van der Waals surface area contributed by atoms with Gasteiger partial charge in [0.15, 0.2) is 5.78 Å². The summed E-state index contributed by atoms with van der Waals surface area (Å²) in [6.45, 7) is 0. The Hall–Kier alpha value is -0.650. The third-order valence-corrected chi connectivity index (χ3v) is 4.98. The van der Waals surface area contributed by atoms with Crippen molar-refractivity contribution in [2.75, 3.05) is 7.11 Å². The molecule has 0 aliphatic heterocycles. The standard InChI is InChI=1S/C11H9BrO2S2/c1-14-9-3-5-16-11(9)8(13)6-10-7(12)2-4-15-10/h2-5H,6H2,1H3. The van der Waals surface area contributed by atoms with E-state index in [0.717, 1.165) is 9.35 Å². The van der Waals surface area contributed by atoms with Gasteiger partial charge in [-0.25, -0.2) is 0 Å². The van der Waals surface area contributed by atoms with E-state index in [1.165, 1.54) is 11.3 Å². The Balaban J connectivity index is 2.18. The van der Waals surface area contributed by atoms with Crippen LogP contribution in [0.3, 0.4) is 0 Å². The number of halogens is 1. The van der Waals surface area contributed by atoms with Gasteiger partial charge in [0.1, 0.15) is 10.6 Å². The summed E-state index contributed by atoms with van der Waals surface area (Å²) in [5.41, 5.74) is 0. The van der Waals surface area contributed by atoms with Crippen LogP contribution in [0.5, 0.6) is 5.75 Å². The molecule has 84 valence electrons. The molecule has 5 heteroatoms. The maximum Gasteiger partial charge on any atom is 0.181 e. The van der Waals surface area contributed by atoms with Crippen LogP contribution in [0.1, 0.15) is 14.5 Å². The van der Waals surface area contributed by atoms with Crippen molar-refractivity contribution in [2.24, 2.45) is 0 Å². The van der Waals surface area contributed by atoms with E-state index in [-0.39, 0.29) is 5.78 Å². The van der Waals surface area contributed by atoms with Crippen LogP contribution in [0.2, 0.25) is 0 Å². The number of carbonyl (C=O) groups excluding carboxylic acids is 1. The van der Waals surface area contributed by atoms with Gasteiger partial charge in [-0.2, -0.15) is 0 Å². The van der Waals surface area contributed by atoms with Crippen LogP contribution >= 0.6 is 38.6 Å². The molecule has 0 atom stereocenters. The number of carbonyl (C=O) groups is 1. The van der Waals surface area contributed by atoms with Crippen molar-refractivity contribution in [2.45, 2.75) is 6.42 Å². The lowest BCUT2D eigenvalue weighted by molar-refractivity contribution is 0.0995. The van der Waals surface area contributed by atoms with Crippen molar-refractivity contribution in [3.63, 3.8) is 0 Å². The minimum atomic E-state index is 0.106. The third kappa shape index (κ3) is 2.36. The second-order valence-corrected chi connectivity index (χ2v) is 5.88. The summed E-state index contributed by atoms with van der Waals surface area (Å²) in [7, 11) is 1.58. The Morgan fingerprint density at radius 1 is 1.38 bits per heavy atom. The van der Waals surface area contributed by atoms with Crippen LogP contribution < -0.4 is 4.74 Å². The number of rotatable bonds is 4. The maximum absolute atomic E-state index is 12.0. The summed E-state index contributed by atoms with van der Waals surface area (Å²) in [6.07, 6.45) is 0.426. The zero-order valence-electron chi connectivity index (χ0n) is 8.53. The number of methoxy groups -OCH3 is 1. The molecule has 0 fully saturated rings. The molecule has 0 saturated heterocycles. The predicted molar refractivity (Wildman–Crippen MR) is 70.9 cm³/mol. The fourth-order valence-corrected chi connectivity index (χ4v) is 3.63. The van der Waals surface area contributed by atoms with Crippen LogP contribution in [0, 0.1) is 0 Å². The maximum atomic E-state index is 12.0. The average molecular weight is 317 g/mol. The Labute approximate surface area is 110 Å². The van der Waals surface area contributed by atoms with Gasteiger partial charge in [0.05, 0.1) is 7.11 Å². The molecule has 0 aromatic carbocycles. The summed E-state index contributed by atoms with van der Waals surface area (Å²) in [4.78, 5) is 13.8. The Bertz CT molecular complexity index is 502. The normalized spacial score (nSPS) is 10.4. The molecular weight excluding hydrogens is 308 g/mol. The first-order valence-corrected chi connectivity index (χ1v) is 7.14. The largest absolute Gasteiger partial charge is 0.495 e. The van der Waals surface area contributed by atoms with Crippen molar-refractivity contribution in [1.29, 1.82) is 0 Å². The number of hydrogen-bond acceptors (Lipinski definition) is 4. The fraction of sp³-hybridized carbons (Fsp3) is 0.182. The van der Waals surface area contributed by atoms with Gasteiger partial charge in [-0.05, 0) is 38.8 Å². The quantitative estimate of drug-likeness (QED) is 0.797. The summed E-state index contributed by atoms with van der Waals surface area (Å²) < 4.78 is 6.14. The molecule has 2 aromatic rings. The molecule has 2 rings (SSSR count). The minimum absolute atomic E-state index is 0.106. The highest BCUT2D eigenvalue weighted by molar-refractivity contribution is 9.10. The Morgan fingerprint density at radius 2 is 2.12 bits per heavy atom. The highest BCUT2D eigenvalue weighted by Gasteiger charge is 2.16. The highest BCUT2D eigenvalue weighted by atomic mass is 79.9. The van der Waals surface area contributed by atoms with Crippen molar-refractivity contribution in [3.05, 3.63) is 37.1 Å². The molecule has 16 heavy (non-hydrogen) atoms. The molecule has 0 amide bonds. The highest BCUT2D eigenvalue weighted by Crippen LogP contribution is 2.29. The molecule has 0 bridgehead atoms. The van der Waals surface area contributed by atoms with E-state index >= 15 is 0 Å². The van der Waals surface area contributed by atoms with Gasteiger partial charge in [-0.3, -0.25) is 4.79 Å². The van der Waals surface area contributed by atoms with Crippen molar-refractivity contribution in [3.8, 4) is 5.75 Å². The smallest absolute Gasteiger partial charge is 0.181 e. The van der Waals surface area contributed by atoms with Crippen LogP contribution in [-0.4, -0.2) is 12.9 Å². The summed E-state index contributed by atoms with van der Waals surface area (Å²) in [6, 6.07) is 3.78. The first-order chi connectivity index (χ1) is 7.72.